The second-order valence-electron chi connectivity index (χ2n) is 7.25. The molecule has 0 fully saturated rings. The van der Waals surface area contributed by atoms with Crippen LogP contribution in [0.5, 0.6) is 5.75 Å². The van der Waals surface area contributed by atoms with Gasteiger partial charge in [-0.1, -0.05) is 11.6 Å². The van der Waals surface area contributed by atoms with E-state index in [1.54, 1.807) is 23.7 Å². The molecule has 1 atom stereocenters. The van der Waals surface area contributed by atoms with Gasteiger partial charge in [0.25, 0.3) is 0 Å². The standard InChI is InChI=1S/C21H17ClF3N3O2/c1-13-17-8-5-15(22)9-18(17)27-28(13)12-20(2,11-26)10-19(29)14-3-6-16(7-4-14)30-21(23,24)25/h3-9H,10,12H2,1-2H3. The maximum absolute atomic E-state index is 12.6. The highest BCUT2D eigenvalue weighted by atomic mass is 35.5. The molecule has 1 aromatic heterocycles. The number of carbonyl (C=O) groups excluding carboxylic acids is 1. The average Bonchev–Trinajstić information content (AvgIpc) is 2.95. The lowest BCUT2D eigenvalue weighted by Crippen LogP contribution is -2.26. The summed E-state index contributed by atoms with van der Waals surface area (Å²) in [5.74, 6) is -0.783. The summed E-state index contributed by atoms with van der Waals surface area (Å²) in [4.78, 5) is 12.6. The molecule has 0 saturated carbocycles. The summed E-state index contributed by atoms with van der Waals surface area (Å²) in [7, 11) is 0. The summed E-state index contributed by atoms with van der Waals surface area (Å²) in [5.41, 5.74) is 0.644. The van der Waals surface area contributed by atoms with Gasteiger partial charge in [0.2, 0.25) is 0 Å². The predicted molar refractivity (Wildman–Crippen MR) is 105 cm³/mol. The molecule has 3 rings (SSSR count). The van der Waals surface area contributed by atoms with Gasteiger partial charge in [0.15, 0.2) is 5.78 Å². The molecule has 0 aliphatic heterocycles. The summed E-state index contributed by atoms with van der Waals surface area (Å²) in [6.45, 7) is 3.68. The number of aromatic nitrogens is 2. The number of hydrogen-bond acceptors (Lipinski definition) is 4. The molecule has 1 heterocycles. The van der Waals surface area contributed by atoms with E-state index >= 15 is 0 Å². The van der Waals surface area contributed by atoms with Crippen LogP contribution in [-0.4, -0.2) is 21.9 Å². The molecule has 0 N–H and O–H groups in total. The lowest BCUT2D eigenvalue weighted by molar-refractivity contribution is -0.274. The minimum atomic E-state index is -4.81. The van der Waals surface area contributed by atoms with Crippen molar-refractivity contribution in [3.63, 3.8) is 0 Å². The first-order valence-corrected chi connectivity index (χ1v) is 9.30. The van der Waals surface area contributed by atoms with E-state index in [1.807, 2.05) is 13.0 Å². The van der Waals surface area contributed by atoms with E-state index in [2.05, 4.69) is 15.9 Å². The van der Waals surface area contributed by atoms with Crippen molar-refractivity contribution in [2.45, 2.75) is 33.2 Å². The Bertz CT molecular complexity index is 1130. The van der Waals surface area contributed by atoms with Crippen LogP contribution in [0.1, 0.15) is 29.4 Å². The smallest absolute Gasteiger partial charge is 0.406 e. The number of halogens is 4. The number of aryl methyl sites for hydroxylation is 1. The van der Waals surface area contributed by atoms with Crippen molar-refractivity contribution in [3.8, 4) is 11.8 Å². The van der Waals surface area contributed by atoms with Crippen molar-refractivity contribution in [1.82, 2.24) is 9.78 Å². The van der Waals surface area contributed by atoms with E-state index < -0.39 is 17.5 Å². The number of ketones is 1. The first-order chi connectivity index (χ1) is 14.0. The zero-order valence-electron chi connectivity index (χ0n) is 16.1. The van der Waals surface area contributed by atoms with Gasteiger partial charge in [-0.15, -0.1) is 13.2 Å². The number of ether oxygens (including phenoxy) is 1. The number of fused-ring (bicyclic) bond motifs is 1. The molecule has 0 radical (unpaired) electrons. The SMILES string of the molecule is Cc1c2ccc(Cl)cc2nn1CC(C)(C#N)CC(=O)c1ccc(OC(F)(F)F)cc1. The Morgan fingerprint density at radius 2 is 1.90 bits per heavy atom. The van der Waals surface area contributed by atoms with Crippen LogP contribution in [0.2, 0.25) is 5.02 Å². The lowest BCUT2D eigenvalue weighted by Gasteiger charge is -2.21. The molecular weight excluding hydrogens is 419 g/mol. The number of benzene rings is 2. The summed E-state index contributed by atoms with van der Waals surface area (Å²) in [6.07, 6.45) is -4.93. The summed E-state index contributed by atoms with van der Waals surface area (Å²) < 4.78 is 42.3. The van der Waals surface area contributed by atoms with Gasteiger partial charge in [-0.05, 0) is 56.3 Å². The van der Waals surface area contributed by atoms with Crippen molar-refractivity contribution in [2.75, 3.05) is 0 Å². The van der Waals surface area contributed by atoms with Crippen molar-refractivity contribution in [2.24, 2.45) is 5.41 Å². The highest BCUT2D eigenvalue weighted by molar-refractivity contribution is 6.31. The fourth-order valence-electron chi connectivity index (χ4n) is 3.15. The average molecular weight is 436 g/mol. The largest absolute Gasteiger partial charge is 0.573 e. The van der Waals surface area contributed by atoms with Crippen LogP contribution in [0, 0.1) is 23.7 Å². The van der Waals surface area contributed by atoms with Crippen LogP contribution >= 0.6 is 11.6 Å². The minimum Gasteiger partial charge on any atom is -0.406 e. The number of hydrogen-bond donors (Lipinski definition) is 0. The zero-order chi connectivity index (χ0) is 22.1. The number of Topliss-reactive ketones (excluding diaryl/α,β-unsaturated/α-hetero) is 1. The third-order valence-corrected chi connectivity index (χ3v) is 4.93. The van der Waals surface area contributed by atoms with Crippen LogP contribution in [0.4, 0.5) is 13.2 Å². The van der Waals surface area contributed by atoms with E-state index in [4.69, 9.17) is 11.6 Å². The number of alkyl halides is 3. The molecule has 0 amide bonds. The third kappa shape index (κ3) is 4.92. The van der Waals surface area contributed by atoms with E-state index in [9.17, 15) is 23.2 Å². The van der Waals surface area contributed by atoms with Crippen LogP contribution in [0.25, 0.3) is 10.9 Å². The Labute approximate surface area is 175 Å². The van der Waals surface area contributed by atoms with Crippen molar-refractivity contribution in [3.05, 3.63) is 58.7 Å². The quantitative estimate of drug-likeness (QED) is 0.466. The fraction of sp³-hybridized carbons (Fsp3) is 0.286. The van der Waals surface area contributed by atoms with Gasteiger partial charge >= 0.3 is 6.36 Å². The Balaban J connectivity index is 1.78. The first-order valence-electron chi connectivity index (χ1n) is 8.93. The predicted octanol–water partition coefficient (Wildman–Crippen LogP) is 5.70. The Morgan fingerprint density at radius 1 is 1.23 bits per heavy atom. The minimum absolute atomic E-state index is 0.126. The molecule has 1 unspecified atom stereocenters. The number of nitriles is 1. The van der Waals surface area contributed by atoms with Gasteiger partial charge in [0, 0.05) is 28.1 Å². The highest BCUT2D eigenvalue weighted by Crippen LogP contribution is 2.29. The summed E-state index contributed by atoms with van der Waals surface area (Å²) in [5, 5.41) is 15.6. The molecule has 9 heteroatoms. The molecule has 0 bridgehead atoms. The van der Waals surface area contributed by atoms with Gasteiger partial charge < -0.3 is 4.74 Å². The van der Waals surface area contributed by atoms with Gasteiger partial charge in [0.05, 0.1) is 23.5 Å². The zero-order valence-corrected chi connectivity index (χ0v) is 16.9. The molecule has 156 valence electrons. The molecule has 0 saturated heterocycles. The van der Waals surface area contributed by atoms with Crippen LogP contribution < -0.4 is 4.74 Å². The van der Waals surface area contributed by atoms with E-state index in [0.29, 0.717) is 10.5 Å². The number of nitrogens with zero attached hydrogens (tertiary/aromatic N) is 3. The normalized spacial score (nSPS) is 13.6. The third-order valence-electron chi connectivity index (χ3n) is 4.69. The highest BCUT2D eigenvalue weighted by Gasteiger charge is 2.32. The molecule has 0 spiro atoms. The molecular formula is C21H17ClF3N3O2. The van der Waals surface area contributed by atoms with Gasteiger partial charge in [0.1, 0.15) is 5.75 Å². The lowest BCUT2D eigenvalue weighted by atomic mass is 9.84. The van der Waals surface area contributed by atoms with Gasteiger partial charge in [-0.3, -0.25) is 9.48 Å². The van der Waals surface area contributed by atoms with Crippen molar-refractivity contribution < 1.29 is 22.7 Å². The Morgan fingerprint density at radius 3 is 2.50 bits per heavy atom. The molecule has 3 aromatic rings. The Hall–Kier alpha value is -3.05. The van der Waals surface area contributed by atoms with E-state index in [0.717, 1.165) is 23.2 Å². The van der Waals surface area contributed by atoms with Crippen LogP contribution in [0.3, 0.4) is 0 Å². The number of rotatable bonds is 6. The first kappa shape index (κ1) is 21.7. The fourth-order valence-corrected chi connectivity index (χ4v) is 3.32. The van der Waals surface area contributed by atoms with Gasteiger partial charge in [-0.2, -0.15) is 10.4 Å². The van der Waals surface area contributed by atoms with E-state index in [-0.39, 0.29) is 24.3 Å². The Kier molecular flexibility index (Phi) is 5.77. The summed E-state index contributed by atoms with van der Waals surface area (Å²) >= 11 is 6.01. The topological polar surface area (TPSA) is 67.9 Å². The van der Waals surface area contributed by atoms with E-state index in [1.165, 1.54) is 12.1 Å². The molecule has 30 heavy (non-hydrogen) atoms. The second kappa shape index (κ2) is 8.00. The summed E-state index contributed by atoms with van der Waals surface area (Å²) in [6, 6.07) is 12.1. The number of carbonyl (C=O) groups is 1. The maximum Gasteiger partial charge on any atom is 0.573 e. The maximum atomic E-state index is 12.6. The van der Waals surface area contributed by atoms with Crippen molar-refractivity contribution in [1.29, 1.82) is 5.26 Å². The van der Waals surface area contributed by atoms with Crippen LogP contribution in [0.15, 0.2) is 42.5 Å². The molecule has 0 aliphatic carbocycles. The molecule has 5 nitrogen and oxygen atoms in total. The molecule has 2 aromatic carbocycles. The second-order valence-corrected chi connectivity index (χ2v) is 7.69. The molecule has 0 aliphatic rings. The monoisotopic (exact) mass is 435 g/mol. The van der Waals surface area contributed by atoms with Crippen molar-refractivity contribution >= 4 is 28.3 Å². The van der Waals surface area contributed by atoms with Crippen LogP contribution in [-0.2, 0) is 6.54 Å². The van der Waals surface area contributed by atoms with Gasteiger partial charge in [-0.25, -0.2) is 0 Å².